The van der Waals surface area contributed by atoms with Gasteiger partial charge in [0.05, 0.1) is 12.7 Å². The maximum absolute atomic E-state index is 11.7. The Balaban J connectivity index is 2.57. The van der Waals surface area contributed by atoms with Gasteiger partial charge in [0.25, 0.3) is 5.91 Å². The number of halogens is 2. The van der Waals surface area contributed by atoms with E-state index in [1.807, 2.05) is 0 Å². The van der Waals surface area contributed by atoms with E-state index in [9.17, 15) is 9.59 Å². The molecule has 0 heterocycles. The lowest BCUT2D eigenvalue weighted by Crippen LogP contribution is -2.34. The van der Waals surface area contributed by atoms with Crippen LogP contribution < -0.4 is 5.32 Å². The Morgan fingerprint density at radius 2 is 2.12 bits per heavy atom. The number of carbonyl (C=O) groups is 2. The maximum Gasteiger partial charge on any atom is 0.325 e. The lowest BCUT2D eigenvalue weighted by molar-refractivity contribution is -0.140. The quantitative estimate of drug-likeness (QED) is 0.681. The Labute approximate surface area is 112 Å². The number of amides is 1. The van der Waals surface area contributed by atoms with E-state index in [2.05, 4.69) is 26.0 Å². The second-order valence-electron chi connectivity index (χ2n) is 3.18. The summed E-state index contributed by atoms with van der Waals surface area (Å²) in [5.74, 6) is -0.869. The molecule has 1 atom stereocenters. The Morgan fingerprint density at radius 1 is 1.47 bits per heavy atom. The van der Waals surface area contributed by atoms with Crippen LogP contribution in [-0.2, 0) is 9.53 Å². The average molecular weight is 321 g/mol. The number of alkyl halides is 1. The van der Waals surface area contributed by atoms with Gasteiger partial charge in [-0.1, -0.05) is 12.1 Å². The normalized spacial score (nSPS) is 11.7. The summed E-state index contributed by atoms with van der Waals surface area (Å²) in [7, 11) is 1.24. The minimum atomic E-state index is -0.883. The number of hydrogen-bond donors (Lipinski definition) is 1. The Morgan fingerprint density at radius 3 is 2.71 bits per heavy atom. The predicted octanol–water partition coefficient (Wildman–Crippen LogP) is 1.96. The van der Waals surface area contributed by atoms with Crippen molar-refractivity contribution in [3.05, 3.63) is 34.3 Å². The molecule has 1 rings (SSSR count). The predicted molar refractivity (Wildman–Crippen MR) is 68.1 cm³/mol. The number of nitrogens with one attached hydrogen (secondary N) is 1. The molecule has 4 nitrogen and oxygen atoms in total. The molecule has 1 aromatic rings. The second kappa shape index (κ2) is 6.61. The largest absolute Gasteiger partial charge is 0.468 e. The van der Waals surface area contributed by atoms with E-state index in [0.717, 1.165) is 0 Å². The molecule has 0 spiro atoms. The Kier molecular flexibility index (Phi) is 5.44. The molecule has 0 saturated carbocycles. The number of carbonyl (C=O) groups excluding carboxylic acids is 2. The van der Waals surface area contributed by atoms with Crippen molar-refractivity contribution >= 4 is 39.4 Å². The molecule has 1 aromatic carbocycles. The molecule has 17 heavy (non-hydrogen) atoms. The van der Waals surface area contributed by atoms with Gasteiger partial charge in [0.15, 0.2) is 0 Å². The van der Waals surface area contributed by atoms with Gasteiger partial charge in [0.1, 0.15) is 5.38 Å². The van der Waals surface area contributed by atoms with Gasteiger partial charge in [-0.3, -0.25) is 9.59 Å². The number of esters is 1. The first-order chi connectivity index (χ1) is 8.06. The fourth-order valence-electron chi connectivity index (χ4n) is 1.13. The third-order valence-corrected chi connectivity index (χ3v) is 3.04. The highest BCUT2D eigenvalue weighted by atomic mass is 79.9. The van der Waals surface area contributed by atoms with E-state index in [4.69, 9.17) is 11.6 Å². The molecule has 0 aliphatic rings. The van der Waals surface area contributed by atoms with Gasteiger partial charge in [0.2, 0.25) is 0 Å². The zero-order chi connectivity index (χ0) is 12.8. The van der Waals surface area contributed by atoms with Crippen molar-refractivity contribution in [2.75, 3.05) is 13.7 Å². The smallest absolute Gasteiger partial charge is 0.325 e. The number of hydrogen-bond acceptors (Lipinski definition) is 3. The third kappa shape index (κ3) is 4.02. The van der Waals surface area contributed by atoms with Gasteiger partial charge >= 0.3 is 5.97 Å². The molecule has 0 radical (unpaired) electrons. The van der Waals surface area contributed by atoms with Crippen molar-refractivity contribution in [2.24, 2.45) is 0 Å². The second-order valence-corrected chi connectivity index (χ2v) is 4.56. The van der Waals surface area contributed by atoms with Crippen LogP contribution in [0.3, 0.4) is 0 Å². The summed E-state index contributed by atoms with van der Waals surface area (Å²) in [4.78, 5) is 22.7. The Hall–Kier alpha value is -1.07. The lowest BCUT2D eigenvalue weighted by atomic mass is 10.2. The minimum absolute atomic E-state index is 0.0222. The lowest BCUT2D eigenvalue weighted by Gasteiger charge is -2.09. The van der Waals surface area contributed by atoms with Crippen molar-refractivity contribution in [3.63, 3.8) is 0 Å². The molecule has 92 valence electrons. The summed E-state index contributed by atoms with van der Waals surface area (Å²) in [6, 6.07) is 6.98. The Bertz CT molecular complexity index is 425. The van der Waals surface area contributed by atoms with E-state index in [1.54, 1.807) is 24.3 Å². The van der Waals surface area contributed by atoms with E-state index >= 15 is 0 Å². The van der Waals surface area contributed by atoms with E-state index < -0.39 is 11.3 Å². The molecule has 1 unspecified atom stereocenters. The first-order valence-corrected chi connectivity index (χ1v) is 6.04. The van der Waals surface area contributed by atoms with Gasteiger partial charge in [0, 0.05) is 11.0 Å². The monoisotopic (exact) mass is 319 g/mol. The van der Waals surface area contributed by atoms with Gasteiger partial charge in [-0.2, -0.15) is 0 Å². The highest BCUT2D eigenvalue weighted by Gasteiger charge is 2.17. The summed E-state index contributed by atoms with van der Waals surface area (Å²) >= 11 is 8.96. The fourth-order valence-corrected chi connectivity index (χ4v) is 1.77. The first-order valence-electron chi connectivity index (χ1n) is 4.81. The molecule has 0 aromatic heterocycles. The van der Waals surface area contributed by atoms with Gasteiger partial charge in [-0.05, 0) is 28.1 Å². The molecule has 0 aliphatic heterocycles. The molecule has 1 amide bonds. The first kappa shape index (κ1) is 14.0. The van der Waals surface area contributed by atoms with Crippen LogP contribution in [0.2, 0.25) is 0 Å². The maximum atomic E-state index is 11.7. The highest BCUT2D eigenvalue weighted by molar-refractivity contribution is 9.10. The zero-order valence-electron chi connectivity index (χ0n) is 9.07. The molecule has 6 heteroatoms. The van der Waals surface area contributed by atoms with E-state index in [-0.39, 0.29) is 12.5 Å². The molecule has 0 aliphatic carbocycles. The fraction of sp³-hybridized carbons (Fsp3) is 0.273. The van der Waals surface area contributed by atoms with Crippen LogP contribution in [0, 0.1) is 0 Å². The van der Waals surface area contributed by atoms with Crippen molar-refractivity contribution in [1.82, 2.24) is 5.32 Å². The topological polar surface area (TPSA) is 55.4 Å². The number of ether oxygens (including phenoxy) is 1. The van der Waals surface area contributed by atoms with Crippen LogP contribution in [0.1, 0.15) is 10.4 Å². The van der Waals surface area contributed by atoms with Crippen LogP contribution >= 0.6 is 27.5 Å². The molecular weight excluding hydrogens is 309 g/mol. The standard InChI is InChI=1S/C11H11BrClNO3/c1-17-11(16)9(13)6-14-10(15)7-4-2-3-5-8(7)12/h2-5,9H,6H2,1H3,(H,14,15). The summed E-state index contributed by atoms with van der Waals surface area (Å²) in [6.45, 7) is 0.0222. The summed E-state index contributed by atoms with van der Waals surface area (Å²) in [6.07, 6.45) is 0. The minimum Gasteiger partial charge on any atom is -0.468 e. The third-order valence-electron chi connectivity index (χ3n) is 2.02. The van der Waals surface area contributed by atoms with Crippen molar-refractivity contribution in [2.45, 2.75) is 5.38 Å². The number of methoxy groups -OCH3 is 1. The van der Waals surface area contributed by atoms with Crippen LogP contribution in [0.5, 0.6) is 0 Å². The SMILES string of the molecule is COC(=O)C(Cl)CNC(=O)c1ccccc1Br. The van der Waals surface area contributed by atoms with Crippen LogP contribution in [0.25, 0.3) is 0 Å². The van der Waals surface area contributed by atoms with Crippen molar-refractivity contribution < 1.29 is 14.3 Å². The molecule has 1 N–H and O–H groups in total. The van der Waals surface area contributed by atoms with E-state index in [0.29, 0.717) is 10.0 Å². The van der Waals surface area contributed by atoms with Crippen molar-refractivity contribution in [3.8, 4) is 0 Å². The summed E-state index contributed by atoms with van der Waals surface area (Å²) in [5, 5.41) is 1.67. The van der Waals surface area contributed by atoms with Gasteiger partial charge < -0.3 is 10.1 Å². The van der Waals surface area contributed by atoms with E-state index in [1.165, 1.54) is 7.11 Å². The van der Waals surface area contributed by atoms with Crippen LogP contribution in [0.15, 0.2) is 28.7 Å². The average Bonchev–Trinajstić information content (AvgIpc) is 2.35. The molecule has 0 fully saturated rings. The highest BCUT2D eigenvalue weighted by Crippen LogP contribution is 2.15. The summed E-state index contributed by atoms with van der Waals surface area (Å²) in [5.41, 5.74) is 0.487. The number of benzene rings is 1. The van der Waals surface area contributed by atoms with Crippen LogP contribution in [0.4, 0.5) is 0 Å². The molecular formula is C11H11BrClNO3. The number of rotatable bonds is 4. The van der Waals surface area contributed by atoms with Crippen LogP contribution in [-0.4, -0.2) is 30.9 Å². The summed E-state index contributed by atoms with van der Waals surface area (Å²) < 4.78 is 5.12. The van der Waals surface area contributed by atoms with Crippen molar-refractivity contribution in [1.29, 1.82) is 0 Å². The molecule has 0 bridgehead atoms. The van der Waals surface area contributed by atoms with Gasteiger partial charge in [-0.15, -0.1) is 11.6 Å². The zero-order valence-corrected chi connectivity index (χ0v) is 11.4. The molecule has 0 saturated heterocycles. The van der Waals surface area contributed by atoms with Gasteiger partial charge in [-0.25, -0.2) is 0 Å².